The molecule has 0 bridgehead atoms. The first kappa shape index (κ1) is 14.4. The summed E-state index contributed by atoms with van der Waals surface area (Å²) in [4.78, 5) is 39.4. The average Bonchev–Trinajstić information content (AvgIpc) is 2.87. The molecule has 0 saturated heterocycles. The van der Waals surface area contributed by atoms with Crippen molar-refractivity contribution in [2.24, 2.45) is 0 Å². The van der Waals surface area contributed by atoms with Gasteiger partial charge < -0.3 is 4.74 Å². The Morgan fingerprint density at radius 1 is 1.50 bits per heavy atom. The summed E-state index contributed by atoms with van der Waals surface area (Å²) in [7, 11) is 0. The molecule has 0 fully saturated rings. The molecular formula is C13H14N2O4S. The first-order chi connectivity index (χ1) is 9.49. The monoisotopic (exact) mass is 294 g/mol. The van der Waals surface area contributed by atoms with Gasteiger partial charge in [-0.15, -0.1) is 11.3 Å². The Labute approximate surface area is 119 Å². The molecule has 1 atom stereocenters. The fourth-order valence-corrected chi connectivity index (χ4v) is 2.33. The summed E-state index contributed by atoms with van der Waals surface area (Å²) in [5.74, 6) is -0.720. The molecule has 2 aromatic rings. The third-order valence-electron chi connectivity index (χ3n) is 2.89. The van der Waals surface area contributed by atoms with Crippen molar-refractivity contribution in [3.05, 3.63) is 28.1 Å². The Bertz CT molecular complexity index is 704. The van der Waals surface area contributed by atoms with Crippen LogP contribution in [0.15, 0.2) is 22.6 Å². The second-order valence-corrected chi connectivity index (χ2v) is 5.27. The zero-order chi connectivity index (χ0) is 14.7. The minimum atomic E-state index is -0.753. The number of rotatable bonds is 5. The van der Waals surface area contributed by atoms with Crippen LogP contribution in [0.4, 0.5) is 0 Å². The molecule has 2 aromatic heterocycles. The number of Topliss-reactive ketones (excluding diaryl/α,β-unsaturated/α-hetero) is 1. The van der Waals surface area contributed by atoms with Crippen LogP contribution in [-0.2, 0) is 20.9 Å². The maximum atomic E-state index is 12.1. The normalized spacial score (nSPS) is 12.3. The van der Waals surface area contributed by atoms with Crippen LogP contribution in [0.3, 0.4) is 0 Å². The van der Waals surface area contributed by atoms with Crippen LogP contribution >= 0.6 is 11.3 Å². The van der Waals surface area contributed by atoms with Gasteiger partial charge in [-0.2, -0.15) is 0 Å². The Hall–Kier alpha value is -2.02. The number of fused-ring (bicyclic) bond motifs is 1. The molecule has 0 aromatic carbocycles. The Balaban J connectivity index is 2.02. The number of aryl methyl sites for hydroxylation is 1. The number of carbonyl (C=O) groups is 2. The van der Waals surface area contributed by atoms with E-state index in [1.54, 1.807) is 11.4 Å². The summed E-state index contributed by atoms with van der Waals surface area (Å²) in [6.07, 6.45) is 0.689. The van der Waals surface area contributed by atoms with Crippen molar-refractivity contribution in [2.45, 2.75) is 32.9 Å². The van der Waals surface area contributed by atoms with Gasteiger partial charge in [-0.3, -0.25) is 19.0 Å². The lowest BCUT2D eigenvalue weighted by atomic mass is 10.3. The molecule has 7 heteroatoms. The van der Waals surface area contributed by atoms with Crippen LogP contribution in [0.2, 0.25) is 0 Å². The molecular weight excluding hydrogens is 280 g/mol. The molecule has 6 nitrogen and oxygen atoms in total. The van der Waals surface area contributed by atoms with E-state index in [1.165, 1.54) is 36.1 Å². The van der Waals surface area contributed by atoms with Gasteiger partial charge in [0.1, 0.15) is 4.83 Å². The van der Waals surface area contributed by atoms with Crippen LogP contribution < -0.4 is 5.56 Å². The topological polar surface area (TPSA) is 78.3 Å². The summed E-state index contributed by atoms with van der Waals surface area (Å²) in [6, 6.07) is 1.71. The second-order valence-electron chi connectivity index (χ2n) is 4.38. The zero-order valence-electron chi connectivity index (χ0n) is 11.2. The molecule has 106 valence electrons. The Morgan fingerprint density at radius 3 is 2.95 bits per heavy atom. The molecule has 2 rings (SSSR count). The first-order valence-electron chi connectivity index (χ1n) is 6.11. The van der Waals surface area contributed by atoms with Gasteiger partial charge in [0.15, 0.2) is 11.9 Å². The summed E-state index contributed by atoms with van der Waals surface area (Å²) in [6.45, 7) is 3.06. The van der Waals surface area contributed by atoms with Crippen molar-refractivity contribution < 1.29 is 14.3 Å². The van der Waals surface area contributed by atoms with E-state index in [2.05, 4.69) is 4.98 Å². The van der Waals surface area contributed by atoms with Crippen molar-refractivity contribution in [3.8, 4) is 0 Å². The van der Waals surface area contributed by atoms with Gasteiger partial charge >= 0.3 is 5.97 Å². The van der Waals surface area contributed by atoms with E-state index in [4.69, 9.17) is 4.74 Å². The smallest absolute Gasteiger partial charge is 0.308 e. The molecule has 0 aliphatic carbocycles. The predicted molar refractivity (Wildman–Crippen MR) is 74.7 cm³/mol. The number of ether oxygens (including phenoxy) is 1. The lowest BCUT2D eigenvalue weighted by Gasteiger charge is -2.10. The molecule has 1 unspecified atom stereocenters. The third kappa shape index (κ3) is 3.11. The van der Waals surface area contributed by atoms with E-state index in [-0.39, 0.29) is 24.3 Å². The van der Waals surface area contributed by atoms with Crippen LogP contribution in [-0.4, -0.2) is 27.4 Å². The van der Waals surface area contributed by atoms with Gasteiger partial charge in [0, 0.05) is 6.54 Å². The van der Waals surface area contributed by atoms with Crippen LogP contribution in [0.25, 0.3) is 10.2 Å². The van der Waals surface area contributed by atoms with Gasteiger partial charge in [0.2, 0.25) is 0 Å². The Morgan fingerprint density at radius 2 is 2.25 bits per heavy atom. The lowest BCUT2D eigenvalue weighted by Crippen LogP contribution is -2.25. The SMILES string of the molecule is CC(=O)C(C)OC(=O)CCn1cnc2sccc2c1=O. The standard InChI is InChI=1S/C13H14N2O4S/c1-8(16)9(2)19-11(17)3-5-15-7-14-12-10(13(15)18)4-6-20-12/h4,6-7,9H,3,5H2,1-2H3. The largest absolute Gasteiger partial charge is 0.455 e. The van der Waals surface area contributed by atoms with Gasteiger partial charge in [0.25, 0.3) is 5.56 Å². The number of thiophene rings is 1. The summed E-state index contributed by atoms with van der Waals surface area (Å²) >= 11 is 1.39. The molecule has 0 saturated carbocycles. The van der Waals surface area contributed by atoms with Crippen molar-refractivity contribution in [2.75, 3.05) is 0 Å². The van der Waals surface area contributed by atoms with Crippen LogP contribution in [0.5, 0.6) is 0 Å². The maximum Gasteiger partial charge on any atom is 0.308 e. The van der Waals surface area contributed by atoms with Crippen LogP contribution in [0.1, 0.15) is 20.3 Å². The molecule has 0 radical (unpaired) electrons. The molecule has 0 spiro atoms. The van der Waals surface area contributed by atoms with Crippen molar-refractivity contribution in [1.82, 2.24) is 9.55 Å². The van der Waals surface area contributed by atoms with Gasteiger partial charge in [-0.1, -0.05) is 0 Å². The summed E-state index contributed by atoms with van der Waals surface area (Å²) in [5, 5.41) is 2.34. The van der Waals surface area contributed by atoms with E-state index in [9.17, 15) is 14.4 Å². The van der Waals surface area contributed by atoms with E-state index in [1.807, 2.05) is 0 Å². The predicted octanol–water partition coefficient (Wildman–Crippen LogP) is 1.37. The van der Waals surface area contributed by atoms with E-state index in [0.29, 0.717) is 10.2 Å². The fourth-order valence-electron chi connectivity index (χ4n) is 1.60. The quantitative estimate of drug-likeness (QED) is 0.778. The average molecular weight is 294 g/mol. The zero-order valence-corrected chi connectivity index (χ0v) is 12.0. The summed E-state index contributed by atoms with van der Waals surface area (Å²) < 4.78 is 6.29. The highest BCUT2D eigenvalue weighted by Gasteiger charge is 2.14. The van der Waals surface area contributed by atoms with E-state index < -0.39 is 12.1 Å². The van der Waals surface area contributed by atoms with Gasteiger partial charge in [0.05, 0.1) is 18.1 Å². The van der Waals surface area contributed by atoms with E-state index in [0.717, 1.165) is 0 Å². The number of hydrogen-bond acceptors (Lipinski definition) is 6. The molecule has 0 amide bonds. The summed E-state index contributed by atoms with van der Waals surface area (Å²) in [5.41, 5.74) is -0.177. The van der Waals surface area contributed by atoms with Gasteiger partial charge in [-0.05, 0) is 25.3 Å². The minimum Gasteiger partial charge on any atom is -0.455 e. The highest BCUT2D eigenvalue weighted by atomic mass is 32.1. The fraction of sp³-hybridized carbons (Fsp3) is 0.385. The number of esters is 1. The molecule has 0 aliphatic rings. The maximum absolute atomic E-state index is 12.1. The number of nitrogens with zero attached hydrogens (tertiary/aromatic N) is 2. The lowest BCUT2D eigenvalue weighted by molar-refractivity contribution is -0.153. The first-order valence-corrected chi connectivity index (χ1v) is 6.99. The van der Waals surface area contributed by atoms with E-state index >= 15 is 0 Å². The van der Waals surface area contributed by atoms with Crippen molar-refractivity contribution in [1.29, 1.82) is 0 Å². The molecule has 0 N–H and O–H groups in total. The molecule has 20 heavy (non-hydrogen) atoms. The number of ketones is 1. The highest BCUT2D eigenvalue weighted by molar-refractivity contribution is 7.16. The molecule has 0 aliphatic heterocycles. The van der Waals surface area contributed by atoms with Crippen molar-refractivity contribution in [3.63, 3.8) is 0 Å². The third-order valence-corrected chi connectivity index (χ3v) is 3.71. The minimum absolute atomic E-state index is 0.0227. The number of aromatic nitrogens is 2. The number of carbonyl (C=O) groups excluding carboxylic acids is 2. The van der Waals surface area contributed by atoms with Crippen molar-refractivity contribution >= 4 is 33.3 Å². The van der Waals surface area contributed by atoms with Gasteiger partial charge in [-0.25, -0.2) is 4.98 Å². The van der Waals surface area contributed by atoms with Crippen LogP contribution in [0, 0.1) is 0 Å². The molecule has 2 heterocycles. The Kier molecular flexibility index (Phi) is 4.29. The highest BCUT2D eigenvalue weighted by Crippen LogP contribution is 2.13. The second kappa shape index (κ2) is 5.96. The number of hydrogen-bond donors (Lipinski definition) is 0.